The summed E-state index contributed by atoms with van der Waals surface area (Å²) in [6.07, 6.45) is 0. The van der Waals surface area contributed by atoms with E-state index in [0.717, 1.165) is 5.56 Å². The van der Waals surface area contributed by atoms with Gasteiger partial charge in [0.25, 0.3) is 0 Å². The minimum absolute atomic E-state index is 0.0350. The molecule has 2 aromatic carbocycles. The predicted molar refractivity (Wildman–Crippen MR) is 118 cm³/mol. The molecule has 0 spiro atoms. The van der Waals surface area contributed by atoms with Crippen LogP contribution in [0.2, 0.25) is 0 Å². The molecule has 2 fully saturated rings. The van der Waals surface area contributed by atoms with E-state index < -0.39 is 16.1 Å². The molecule has 0 radical (unpaired) electrons. The van der Waals surface area contributed by atoms with Crippen LogP contribution < -0.4 is 0 Å². The van der Waals surface area contributed by atoms with E-state index in [4.69, 9.17) is 4.74 Å². The molecule has 1 amide bonds. The molecule has 8 nitrogen and oxygen atoms in total. The Labute approximate surface area is 188 Å². The van der Waals surface area contributed by atoms with E-state index in [1.54, 1.807) is 17.0 Å². The molecule has 2 aliphatic rings. The fraction of sp³-hybridized carbons (Fsp3) is 0.391. The van der Waals surface area contributed by atoms with Crippen molar-refractivity contribution in [2.45, 2.75) is 17.5 Å². The number of benzene rings is 2. The third-order valence-corrected chi connectivity index (χ3v) is 7.75. The normalized spacial score (nSPS) is 20.6. The number of hydrogen-bond donors (Lipinski definition) is 0. The van der Waals surface area contributed by atoms with Gasteiger partial charge in [0.1, 0.15) is 6.04 Å². The lowest BCUT2D eigenvalue weighted by molar-refractivity contribution is -0.141. The number of morpholine rings is 1. The number of hydrogen-bond acceptors (Lipinski definition) is 6. The van der Waals surface area contributed by atoms with E-state index in [1.807, 2.05) is 36.4 Å². The summed E-state index contributed by atoms with van der Waals surface area (Å²) in [6.45, 7) is 3.46. The molecule has 2 aromatic rings. The molecule has 2 aliphatic heterocycles. The number of carbonyl (C=O) groups is 1. The van der Waals surface area contributed by atoms with E-state index >= 15 is 0 Å². The minimum atomic E-state index is -3.95. The summed E-state index contributed by atoms with van der Waals surface area (Å²) in [5.74, 6) is -0.203. The van der Waals surface area contributed by atoms with Crippen molar-refractivity contribution in [2.75, 3.05) is 45.9 Å². The van der Waals surface area contributed by atoms with Crippen molar-refractivity contribution < 1.29 is 17.9 Å². The number of amides is 1. The van der Waals surface area contributed by atoms with Crippen molar-refractivity contribution in [3.05, 3.63) is 65.7 Å². The Bertz CT molecular complexity index is 1090. The maximum absolute atomic E-state index is 13.5. The average Bonchev–Trinajstić information content (AvgIpc) is 2.84. The Morgan fingerprint density at radius 3 is 2.50 bits per heavy atom. The highest BCUT2D eigenvalue weighted by Crippen LogP contribution is 2.24. The van der Waals surface area contributed by atoms with Crippen LogP contribution in [0.5, 0.6) is 0 Å². The molecule has 9 heteroatoms. The van der Waals surface area contributed by atoms with Crippen molar-refractivity contribution in [1.82, 2.24) is 14.1 Å². The second-order valence-electron chi connectivity index (χ2n) is 7.93. The number of rotatable bonds is 5. The topological polar surface area (TPSA) is 93.9 Å². The lowest BCUT2D eigenvalue weighted by Gasteiger charge is -2.42. The third kappa shape index (κ3) is 4.84. The lowest BCUT2D eigenvalue weighted by Crippen LogP contribution is -2.61. The number of carbonyl (C=O) groups excluding carboxylic acids is 1. The van der Waals surface area contributed by atoms with Crippen molar-refractivity contribution in [1.29, 1.82) is 5.26 Å². The standard InChI is InChI=1S/C23H26N4O4S/c24-16-20-7-4-8-21(15-20)32(29,30)27-10-9-25(17-19-5-2-1-3-6-19)18-22(27)23(28)26-11-13-31-14-12-26/h1-8,15,22H,9-14,17-18H2. The van der Waals surface area contributed by atoms with Crippen LogP contribution in [0.25, 0.3) is 0 Å². The first kappa shape index (κ1) is 22.4. The molecule has 0 N–H and O–H groups in total. The Kier molecular flexibility index (Phi) is 6.86. The highest BCUT2D eigenvalue weighted by atomic mass is 32.2. The molecular weight excluding hydrogens is 428 g/mol. The van der Waals surface area contributed by atoms with Gasteiger partial charge in [0.2, 0.25) is 15.9 Å². The van der Waals surface area contributed by atoms with Gasteiger partial charge < -0.3 is 9.64 Å². The van der Waals surface area contributed by atoms with Crippen molar-refractivity contribution in [3.8, 4) is 6.07 Å². The van der Waals surface area contributed by atoms with E-state index in [0.29, 0.717) is 45.9 Å². The van der Waals surface area contributed by atoms with Crippen molar-refractivity contribution >= 4 is 15.9 Å². The Balaban J connectivity index is 1.62. The van der Waals surface area contributed by atoms with Crippen molar-refractivity contribution in [3.63, 3.8) is 0 Å². The van der Waals surface area contributed by atoms with Crippen LogP contribution in [-0.4, -0.2) is 80.4 Å². The van der Waals surface area contributed by atoms with Crippen LogP contribution >= 0.6 is 0 Å². The quantitative estimate of drug-likeness (QED) is 0.676. The van der Waals surface area contributed by atoms with Gasteiger partial charge in [-0.25, -0.2) is 8.42 Å². The van der Waals surface area contributed by atoms with Gasteiger partial charge in [-0.15, -0.1) is 0 Å². The van der Waals surface area contributed by atoms with Gasteiger partial charge in [0.05, 0.1) is 29.7 Å². The maximum atomic E-state index is 13.5. The van der Waals surface area contributed by atoms with E-state index in [2.05, 4.69) is 4.90 Å². The zero-order valence-corrected chi connectivity index (χ0v) is 18.6. The Morgan fingerprint density at radius 2 is 1.78 bits per heavy atom. The second kappa shape index (κ2) is 9.79. The molecular formula is C23H26N4O4S. The highest BCUT2D eigenvalue weighted by Gasteiger charge is 2.42. The first-order valence-corrected chi connectivity index (χ1v) is 12.1. The summed E-state index contributed by atoms with van der Waals surface area (Å²) >= 11 is 0. The lowest BCUT2D eigenvalue weighted by atomic mass is 10.1. The highest BCUT2D eigenvalue weighted by molar-refractivity contribution is 7.89. The van der Waals surface area contributed by atoms with Crippen LogP contribution in [0.15, 0.2) is 59.5 Å². The fourth-order valence-electron chi connectivity index (χ4n) is 4.15. The van der Waals surface area contributed by atoms with Gasteiger partial charge in [0.15, 0.2) is 0 Å². The van der Waals surface area contributed by atoms with Crippen molar-refractivity contribution in [2.24, 2.45) is 0 Å². The zero-order valence-electron chi connectivity index (χ0n) is 17.8. The summed E-state index contributed by atoms with van der Waals surface area (Å²) in [4.78, 5) is 17.3. The minimum Gasteiger partial charge on any atom is -0.378 e. The van der Waals surface area contributed by atoms with Gasteiger partial charge in [0, 0.05) is 39.3 Å². The number of nitrogens with zero attached hydrogens (tertiary/aromatic N) is 4. The first-order valence-electron chi connectivity index (χ1n) is 10.6. The summed E-state index contributed by atoms with van der Waals surface area (Å²) in [5.41, 5.74) is 1.38. The molecule has 0 bridgehead atoms. The SMILES string of the molecule is N#Cc1cccc(S(=O)(=O)N2CCN(Cc3ccccc3)CC2C(=O)N2CCOCC2)c1. The number of nitriles is 1. The van der Waals surface area contributed by atoms with Gasteiger partial charge in [-0.05, 0) is 23.8 Å². The van der Waals surface area contributed by atoms with Gasteiger partial charge >= 0.3 is 0 Å². The van der Waals surface area contributed by atoms with Gasteiger partial charge in [-0.3, -0.25) is 9.69 Å². The van der Waals surface area contributed by atoms with Gasteiger partial charge in [-0.2, -0.15) is 9.57 Å². The fourth-order valence-corrected chi connectivity index (χ4v) is 5.76. The Morgan fingerprint density at radius 1 is 1.03 bits per heavy atom. The van der Waals surface area contributed by atoms with Gasteiger partial charge in [-0.1, -0.05) is 36.4 Å². The predicted octanol–water partition coefficient (Wildman–Crippen LogP) is 1.29. The number of sulfonamides is 1. The average molecular weight is 455 g/mol. The summed E-state index contributed by atoms with van der Waals surface area (Å²) in [6, 6.07) is 17.0. The molecule has 2 saturated heterocycles. The molecule has 1 unspecified atom stereocenters. The summed E-state index contributed by atoms with van der Waals surface area (Å²) in [5, 5.41) is 9.19. The first-order chi connectivity index (χ1) is 15.5. The molecule has 2 heterocycles. The van der Waals surface area contributed by atoms with Crippen LogP contribution in [0, 0.1) is 11.3 Å². The van der Waals surface area contributed by atoms with Crippen LogP contribution in [0.1, 0.15) is 11.1 Å². The van der Waals surface area contributed by atoms with E-state index in [1.165, 1.54) is 16.4 Å². The van der Waals surface area contributed by atoms with E-state index in [-0.39, 0.29) is 22.9 Å². The molecule has 32 heavy (non-hydrogen) atoms. The van der Waals surface area contributed by atoms with Crippen LogP contribution in [0.3, 0.4) is 0 Å². The second-order valence-corrected chi connectivity index (χ2v) is 9.82. The molecule has 0 saturated carbocycles. The molecule has 0 aromatic heterocycles. The number of piperazine rings is 1. The van der Waals surface area contributed by atoms with E-state index in [9.17, 15) is 18.5 Å². The van der Waals surface area contributed by atoms with Crippen LogP contribution in [-0.2, 0) is 26.1 Å². The smallest absolute Gasteiger partial charge is 0.243 e. The summed E-state index contributed by atoms with van der Waals surface area (Å²) < 4.78 is 33.7. The molecule has 1 atom stereocenters. The van der Waals surface area contributed by atoms with Crippen LogP contribution in [0.4, 0.5) is 0 Å². The molecule has 0 aliphatic carbocycles. The third-order valence-electron chi connectivity index (χ3n) is 5.84. The summed E-state index contributed by atoms with van der Waals surface area (Å²) in [7, 11) is -3.95. The maximum Gasteiger partial charge on any atom is 0.243 e. The molecule has 4 rings (SSSR count). The number of ether oxygens (including phenoxy) is 1. The molecule has 168 valence electrons. The zero-order chi connectivity index (χ0) is 22.6. The monoisotopic (exact) mass is 454 g/mol. The Hall–Kier alpha value is -2.77. The largest absolute Gasteiger partial charge is 0.378 e.